The number of amides is 3. The summed E-state index contributed by atoms with van der Waals surface area (Å²) in [5.41, 5.74) is 5.09. The van der Waals surface area contributed by atoms with E-state index in [1.807, 2.05) is 72.8 Å². The van der Waals surface area contributed by atoms with Gasteiger partial charge in [-0.1, -0.05) is 153 Å². The second-order valence-corrected chi connectivity index (χ2v) is 18.7. The molecule has 4 aromatic rings. The number of unbranched alkanes of at least 4 members (excludes halogenated alkanes) is 7. The Bertz CT molecular complexity index is 2020. The van der Waals surface area contributed by atoms with Crippen molar-refractivity contribution in [1.82, 2.24) is 9.80 Å². The van der Waals surface area contributed by atoms with Crippen LogP contribution in [0.5, 0.6) is 0 Å². The number of imide groups is 1. The number of ether oxygens (including phenoxy) is 1. The molecule has 0 spiro atoms. The molecule has 1 aliphatic rings. The molecule has 5 rings (SSSR count). The predicted octanol–water partition coefficient (Wildman–Crippen LogP) is 10.4. The van der Waals surface area contributed by atoms with Crippen LogP contribution in [0.2, 0.25) is 0 Å². The van der Waals surface area contributed by atoms with E-state index in [9.17, 15) is 29.1 Å². The first-order chi connectivity index (χ1) is 29.0. The first-order valence-corrected chi connectivity index (χ1v) is 22.2. The molecule has 0 saturated carbocycles. The van der Waals surface area contributed by atoms with Gasteiger partial charge in [0.25, 0.3) is 11.8 Å². The van der Waals surface area contributed by atoms with Crippen LogP contribution >= 0.6 is 0 Å². The minimum absolute atomic E-state index is 0.00367. The molecule has 1 heterocycles. The highest BCUT2D eigenvalue weighted by atomic mass is 16.6. The lowest BCUT2D eigenvalue weighted by atomic mass is 9.79. The van der Waals surface area contributed by atoms with Gasteiger partial charge in [-0.2, -0.15) is 0 Å². The Morgan fingerprint density at radius 2 is 1.11 bits per heavy atom. The van der Waals surface area contributed by atoms with E-state index in [1.165, 1.54) is 4.90 Å². The van der Waals surface area contributed by atoms with Crippen molar-refractivity contribution in [2.45, 2.75) is 149 Å². The number of Topliss-reactive ketones (excluding diaryl/α,β-unsaturated/α-hetero) is 1. The van der Waals surface area contributed by atoms with Crippen molar-refractivity contribution in [2.24, 2.45) is 0 Å². The highest BCUT2D eigenvalue weighted by Crippen LogP contribution is 2.38. The normalized spacial score (nSPS) is 13.4. The van der Waals surface area contributed by atoms with Crippen molar-refractivity contribution in [3.8, 4) is 0 Å². The van der Waals surface area contributed by atoms with Gasteiger partial charge in [0.05, 0.1) is 6.61 Å². The average molecular weight is 831 g/mol. The van der Waals surface area contributed by atoms with Crippen molar-refractivity contribution in [3.63, 3.8) is 0 Å². The van der Waals surface area contributed by atoms with Gasteiger partial charge in [0, 0.05) is 61.8 Å². The van der Waals surface area contributed by atoms with E-state index in [4.69, 9.17) is 4.74 Å². The summed E-state index contributed by atoms with van der Waals surface area (Å²) >= 11 is 0. The van der Waals surface area contributed by atoms with E-state index in [0.717, 1.165) is 78.0 Å². The number of rotatable bonds is 22. The highest BCUT2D eigenvalue weighted by Gasteiger charge is 2.35. The van der Waals surface area contributed by atoms with E-state index in [1.54, 1.807) is 4.90 Å². The van der Waals surface area contributed by atoms with Crippen LogP contribution in [0.15, 0.2) is 84.9 Å². The fourth-order valence-corrected chi connectivity index (χ4v) is 7.89. The molecule has 1 aliphatic heterocycles. The van der Waals surface area contributed by atoms with Gasteiger partial charge in [-0.3, -0.25) is 28.9 Å². The molecular formula is C52H66N2O7. The average Bonchev–Trinajstić information content (AvgIpc) is 3.22. The number of aliphatic hydroxyl groups is 1. The van der Waals surface area contributed by atoms with Gasteiger partial charge < -0.3 is 14.7 Å². The molecule has 4 aromatic carbocycles. The number of hydrogen-bond acceptors (Lipinski definition) is 7. The zero-order chi connectivity index (χ0) is 44.2. The Morgan fingerprint density at radius 1 is 0.639 bits per heavy atom. The Balaban J connectivity index is 0.977. The number of nitrogens with zero attached hydrogens (tertiary/aromatic N) is 2. The zero-order valence-corrected chi connectivity index (χ0v) is 37.3. The van der Waals surface area contributed by atoms with E-state index in [-0.39, 0.29) is 60.0 Å². The molecule has 9 nitrogen and oxygen atoms in total. The molecule has 61 heavy (non-hydrogen) atoms. The first-order valence-electron chi connectivity index (χ1n) is 22.2. The maximum absolute atomic E-state index is 13.8. The van der Waals surface area contributed by atoms with Crippen LogP contribution in [0.1, 0.15) is 162 Å². The summed E-state index contributed by atoms with van der Waals surface area (Å²) in [5, 5.41) is 11.6. The molecule has 326 valence electrons. The van der Waals surface area contributed by atoms with Crippen molar-refractivity contribution in [1.29, 1.82) is 0 Å². The standard InChI is InChI=1S/C52H66N2O7/c1-51(2,3)40-29-39-30-41(52(4,5)6)32-45-48(39)44(31-40)49(59)54(50(45)60)28-20-12-10-8-7-9-11-19-25-47(58)61-43(36-55)33-42(56)26-27-46(57)53(34-37-21-15-13-16-22-37)35-38-23-17-14-18-24-38/h13-18,21-24,29-32,43,55H,7-12,19-20,25-28,33-36H2,1-6H3. The van der Waals surface area contributed by atoms with Crippen molar-refractivity contribution < 1.29 is 33.8 Å². The maximum atomic E-state index is 13.8. The van der Waals surface area contributed by atoms with E-state index in [2.05, 4.69) is 53.7 Å². The number of carbonyl (C=O) groups excluding carboxylic acids is 5. The smallest absolute Gasteiger partial charge is 0.306 e. The molecule has 1 N–H and O–H groups in total. The van der Waals surface area contributed by atoms with Crippen LogP contribution in [-0.2, 0) is 43.0 Å². The van der Waals surface area contributed by atoms with Gasteiger partial charge >= 0.3 is 5.97 Å². The van der Waals surface area contributed by atoms with Crippen molar-refractivity contribution in [2.75, 3.05) is 13.2 Å². The molecule has 0 fully saturated rings. The van der Waals surface area contributed by atoms with Gasteiger partial charge in [0.15, 0.2) is 0 Å². The molecule has 9 heteroatoms. The SMILES string of the molecule is CC(C)(C)c1cc2c3c(cc(C(C)(C)C)cc3c1)C(=O)N(CCCCCCCCCCC(=O)OC(CO)CC(=O)CCC(=O)N(Cc1ccccc1)Cc1ccccc1)C2=O. The third kappa shape index (κ3) is 13.4. The predicted molar refractivity (Wildman–Crippen MR) is 241 cm³/mol. The van der Waals surface area contributed by atoms with Crippen molar-refractivity contribution >= 4 is 40.2 Å². The minimum atomic E-state index is -0.930. The summed E-state index contributed by atoms with van der Waals surface area (Å²) in [6, 6.07) is 27.7. The van der Waals surface area contributed by atoms with Crippen LogP contribution < -0.4 is 0 Å². The van der Waals surface area contributed by atoms with E-state index < -0.39 is 18.7 Å². The molecule has 0 bridgehead atoms. The van der Waals surface area contributed by atoms with Crippen LogP contribution in [0.4, 0.5) is 0 Å². The van der Waals surface area contributed by atoms with Crippen LogP contribution in [0.25, 0.3) is 10.8 Å². The number of ketones is 1. The number of esters is 1. The molecule has 1 unspecified atom stereocenters. The molecular weight excluding hydrogens is 765 g/mol. The summed E-state index contributed by atoms with van der Waals surface area (Å²) in [4.78, 5) is 69.5. The lowest BCUT2D eigenvalue weighted by Gasteiger charge is -2.31. The summed E-state index contributed by atoms with van der Waals surface area (Å²) in [5.74, 6) is -1.23. The van der Waals surface area contributed by atoms with E-state index >= 15 is 0 Å². The minimum Gasteiger partial charge on any atom is -0.459 e. The molecule has 0 aromatic heterocycles. The van der Waals surface area contributed by atoms with Gasteiger partial charge in [-0.25, -0.2) is 0 Å². The lowest BCUT2D eigenvalue weighted by Crippen LogP contribution is -2.41. The molecule has 1 atom stereocenters. The summed E-state index contributed by atoms with van der Waals surface area (Å²) < 4.78 is 5.44. The first kappa shape index (κ1) is 46.9. The third-order valence-corrected chi connectivity index (χ3v) is 11.6. The Kier molecular flexibility index (Phi) is 16.6. The number of hydrogen-bond donors (Lipinski definition) is 1. The van der Waals surface area contributed by atoms with Gasteiger partial charge in [0.2, 0.25) is 5.91 Å². The monoisotopic (exact) mass is 830 g/mol. The highest BCUT2D eigenvalue weighted by molar-refractivity contribution is 6.25. The van der Waals surface area contributed by atoms with Crippen LogP contribution in [-0.4, -0.2) is 63.6 Å². The second kappa shape index (κ2) is 21.6. The maximum Gasteiger partial charge on any atom is 0.306 e. The van der Waals surface area contributed by atoms with Crippen LogP contribution in [0.3, 0.4) is 0 Å². The zero-order valence-electron chi connectivity index (χ0n) is 37.3. The topological polar surface area (TPSA) is 121 Å². The molecule has 0 aliphatic carbocycles. The summed E-state index contributed by atoms with van der Waals surface area (Å²) in [7, 11) is 0. The fourth-order valence-electron chi connectivity index (χ4n) is 7.89. The van der Waals surface area contributed by atoms with Gasteiger partial charge in [-0.05, 0) is 63.4 Å². The Hall–Kier alpha value is -5.15. The number of carbonyl (C=O) groups is 5. The van der Waals surface area contributed by atoms with E-state index in [0.29, 0.717) is 37.2 Å². The Labute approximate surface area is 362 Å². The lowest BCUT2D eigenvalue weighted by molar-refractivity contribution is -0.152. The largest absolute Gasteiger partial charge is 0.459 e. The molecule has 0 saturated heterocycles. The quantitative estimate of drug-likeness (QED) is 0.0475. The summed E-state index contributed by atoms with van der Waals surface area (Å²) in [6.45, 7) is 13.6. The number of aliphatic hydroxyl groups excluding tert-OH is 1. The second-order valence-electron chi connectivity index (χ2n) is 18.7. The van der Waals surface area contributed by atoms with Gasteiger partial charge in [0.1, 0.15) is 11.9 Å². The number of benzene rings is 4. The van der Waals surface area contributed by atoms with Gasteiger partial charge in [-0.15, -0.1) is 0 Å². The Morgan fingerprint density at radius 3 is 1.59 bits per heavy atom. The van der Waals surface area contributed by atoms with Crippen LogP contribution in [0, 0.1) is 0 Å². The molecule has 3 amide bonds. The van der Waals surface area contributed by atoms with Crippen molar-refractivity contribution in [3.05, 3.63) is 118 Å². The third-order valence-electron chi connectivity index (χ3n) is 11.6. The molecule has 0 radical (unpaired) electrons. The summed E-state index contributed by atoms with van der Waals surface area (Å²) in [6.07, 6.45) is 6.33. The fraction of sp³-hybridized carbons (Fsp3) is 0.481.